The molecule has 0 spiro atoms. The minimum atomic E-state index is -1.03. The maximum atomic E-state index is 5.89. The summed E-state index contributed by atoms with van der Waals surface area (Å²) in [4.78, 5) is 0. The summed E-state index contributed by atoms with van der Waals surface area (Å²) in [7, 11) is -1.03. The lowest BCUT2D eigenvalue weighted by atomic mass is 10.0. The van der Waals surface area contributed by atoms with Crippen molar-refractivity contribution in [1.29, 1.82) is 0 Å². The van der Waals surface area contributed by atoms with E-state index in [1.54, 1.807) is 0 Å². The van der Waals surface area contributed by atoms with Crippen LogP contribution in [-0.4, -0.2) is 19.4 Å². The third-order valence-corrected chi connectivity index (χ3v) is 6.58. The smallest absolute Gasteiger partial charge is 0.0858 e. The molecule has 2 fully saturated rings. The molecule has 0 unspecified atom stereocenters. The van der Waals surface area contributed by atoms with Gasteiger partial charge in [0.1, 0.15) is 0 Å². The van der Waals surface area contributed by atoms with E-state index >= 15 is 0 Å². The van der Waals surface area contributed by atoms with Gasteiger partial charge in [-0.15, -0.1) is 0 Å². The molecule has 1 nitrogen and oxygen atoms in total. The van der Waals surface area contributed by atoms with Crippen LogP contribution in [0, 0.1) is 0 Å². The highest BCUT2D eigenvalue weighted by Crippen LogP contribution is 2.53. The topological polar surface area (TPSA) is 12.5 Å². The molecule has 1 aliphatic heterocycles. The Bertz CT molecular complexity index is 173. The molecule has 0 aromatic carbocycles. The molecule has 2 rings (SSSR count). The monoisotopic (exact) mass is 170 g/mol. The van der Waals surface area contributed by atoms with Gasteiger partial charge in [0.2, 0.25) is 0 Å². The summed E-state index contributed by atoms with van der Waals surface area (Å²) >= 11 is 0. The van der Waals surface area contributed by atoms with E-state index in [9.17, 15) is 0 Å². The predicted molar refractivity (Wildman–Crippen MR) is 49.4 cm³/mol. The lowest BCUT2D eigenvalue weighted by molar-refractivity contribution is 0.343. The van der Waals surface area contributed by atoms with Crippen LogP contribution in [0.2, 0.25) is 19.6 Å². The lowest BCUT2D eigenvalue weighted by Crippen LogP contribution is -2.44. The molecule has 2 atom stereocenters. The van der Waals surface area contributed by atoms with E-state index < -0.39 is 8.07 Å². The van der Waals surface area contributed by atoms with Crippen molar-refractivity contribution in [3.8, 4) is 0 Å². The molecule has 2 heteroatoms. The van der Waals surface area contributed by atoms with Gasteiger partial charge in [-0.1, -0.05) is 32.5 Å². The van der Waals surface area contributed by atoms with Crippen LogP contribution < -0.4 is 0 Å². The highest BCUT2D eigenvalue weighted by Gasteiger charge is 2.63. The molecule has 0 aromatic heterocycles. The fraction of sp³-hybridized carbons (Fsp3) is 1.00. The first-order chi connectivity index (χ1) is 5.06. The molecule has 0 radical (unpaired) electrons. The van der Waals surface area contributed by atoms with Crippen LogP contribution in [0.25, 0.3) is 0 Å². The maximum Gasteiger partial charge on any atom is 0.0858 e. The van der Waals surface area contributed by atoms with E-state index in [1.807, 2.05) is 0 Å². The summed E-state index contributed by atoms with van der Waals surface area (Å²) in [6.45, 7) is 7.33. The first-order valence-corrected chi connectivity index (χ1v) is 8.24. The second-order valence-electron chi connectivity index (χ2n) is 4.99. The van der Waals surface area contributed by atoms with Gasteiger partial charge < -0.3 is 4.74 Å². The molecule has 64 valence electrons. The SMILES string of the molecule is C[Si](C)(C)[C@]12CCCC[C@@H]1O2. The molecule has 1 saturated carbocycles. The standard InChI is InChI=1S/C9H18OSi/c1-11(2,3)9-7-5-4-6-8(9)10-9/h8H,4-7H2,1-3H3/t8-,9+/m0/s1. The summed E-state index contributed by atoms with van der Waals surface area (Å²) in [5, 5.41) is 0.422. The van der Waals surface area contributed by atoms with Crippen LogP contribution in [0.4, 0.5) is 0 Å². The van der Waals surface area contributed by atoms with Crippen molar-refractivity contribution < 1.29 is 4.74 Å². The van der Waals surface area contributed by atoms with E-state index in [2.05, 4.69) is 19.6 Å². The number of hydrogen-bond acceptors (Lipinski definition) is 1. The number of epoxide rings is 1. The summed E-state index contributed by atoms with van der Waals surface area (Å²) in [6.07, 6.45) is 6.16. The molecular formula is C9H18OSi. The van der Waals surface area contributed by atoms with Crippen LogP contribution in [0.1, 0.15) is 25.7 Å². The second-order valence-corrected chi connectivity index (χ2v) is 10.3. The molecule has 2 aliphatic rings. The van der Waals surface area contributed by atoms with Gasteiger partial charge in [0.05, 0.1) is 19.4 Å². The molecule has 0 bridgehead atoms. The average Bonchev–Trinajstić information content (AvgIpc) is 2.59. The Morgan fingerprint density at radius 3 is 2.45 bits per heavy atom. The Kier molecular flexibility index (Phi) is 1.49. The number of ether oxygens (including phenoxy) is 1. The van der Waals surface area contributed by atoms with Gasteiger partial charge >= 0.3 is 0 Å². The Hall–Kier alpha value is 0.177. The van der Waals surface area contributed by atoms with Gasteiger partial charge in [0, 0.05) is 0 Å². The molecule has 1 aliphatic carbocycles. The van der Waals surface area contributed by atoms with Crippen LogP contribution in [0.3, 0.4) is 0 Å². The van der Waals surface area contributed by atoms with E-state index in [0.29, 0.717) is 11.3 Å². The molecule has 0 aromatic rings. The van der Waals surface area contributed by atoms with E-state index in [0.717, 1.165) is 0 Å². The molecule has 1 heterocycles. The summed E-state index contributed by atoms with van der Waals surface area (Å²) < 4.78 is 5.89. The molecule has 0 amide bonds. The van der Waals surface area contributed by atoms with Crippen LogP contribution >= 0.6 is 0 Å². The quantitative estimate of drug-likeness (QED) is 0.435. The van der Waals surface area contributed by atoms with Crippen LogP contribution in [0.5, 0.6) is 0 Å². The Morgan fingerprint density at radius 2 is 2.00 bits per heavy atom. The normalized spacial score (nSPS) is 43.4. The summed E-state index contributed by atoms with van der Waals surface area (Å²) in [5.74, 6) is 0. The first-order valence-electron chi connectivity index (χ1n) is 4.74. The van der Waals surface area contributed by atoms with Gasteiger partial charge in [-0.05, 0) is 12.8 Å². The predicted octanol–water partition coefficient (Wildman–Crippen LogP) is 2.58. The molecular weight excluding hydrogens is 152 g/mol. The Balaban J connectivity index is 2.13. The summed E-state index contributed by atoms with van der Waals surface area (Å²) in [6, 6.07) is 0. The number of fused-ring (bicyclic) bond motifs is 1. The zero-order chi connectivity index (χ0) is 8.11. The van der Waals surface area contributed by atoms with Crippen molar-refractivity contribution >= 4 is 8.07 Å². The fourth-order valence-electron chi connectivity index (χ4n) is 2.48. The second kappa shape index (κ2) is 2.11. The van der Waals surface area contributed by atoms with Crippen molar-refractivity contribution in [2.75, 3.05) is 0 Å². The van der Waals surface area contributed by atoms with Crippen molar-refractivity contribution in [3.63, 3.8) is 0 Å². The Morgan fingerprint density at radius 1 is 1.27 bits per heavy atom. The van der Waals surface area contributed by atoms with E-state index in [1.165, 1.54) is 25.7 Å². The van der Waals surface area contributed by atoms with Gasteiger partial charge in [-0.3, -0.25) is 0 Å². The van der Waals surface area contributed by atoms with Gasteiger partial charge in [-0.2, -0.15) is 0 Å². The van der Waals surface area contributed by atoms with E-state index in [-0.39, 0.29) is 0 Å². The van der Waals surface area contributed by atoms with Gasteiger partial charge in [-0.25, -0.2) is 0 Å². The van der Waals surface area contributed by atoms with Gasteiger partial charge in [0.15, 0.2) is 0 Å². The minimum absolute atomic E-state index is 0.422. The third-order valence-electron chi connectivity index (χ3n) is 3.35. The van der Waals surface area contributed by atoms with Crippen molar-refractivity contribution in [2.45, 2.75) is 56.7 Å². The minimum Gasteiger partial charge on any atom is -0.370 e. The van der Waals surface area contributed by atoms with E-state index in [4.69, 9.17) is 4.74 Å². The highest BCUT2D eigenvalue weighted by atomic mass is 28.3. The van der Waals surface area contributed by atoms with Gasteiger partial charge in [0.25, 0.3) is 0 Å². The fourth-order valence-corrected chi connectivity index (χ4v) is 5.02. The largest absolute Gasteiger partial charge is 0.370 e. The third kappa shape index (κ3) is 0.993. The maximum absolute atomic E-state index is 5.89. The number of hydrogen-bond donors (Lipinski definition) is 0. The molecule has 1 saturated heterocycles. The van der Waals surface area contributed by atoms with Crippen molar-refractivity contribution in [1.82, 2.24) is 0 Å². The highest BCUT2D eigenvalue weighted by molar-refractivity contribution is 6.79. The molecule has 11 heavy (non-hydrogen) atoms. The Labute approximate surface area is 70.1 Å². The average molecular weight is 170 g/mol. The zero-order valence-electron chi connectivity index (χ0n) is 7.81. The number of rotatable bonds is 1. The van der Waals surface area contributed by atoms with Crippen LogP contribution in [0.15, 0.2) is 0 Å². The van der Waals surface area contributed by atoms with Crippen molar-refractivity contribution in [3.05, 3.63) is 0 Å². The van der Waals surface area contributed by atoms with Crippen LogP contribution in [-0.2, 0) is 4.74 Å². The first kappa shape index (κ1) is 7.81. The molecule has 0 N–H and O–H groups in total. The lowest BCUT2D eigenvalue weighted by Gasteiger charge is -2.28. The zero-order valence-corrected chi connectivity index (χ0v) is 8.81. The summed E-state index contributed by atoms with van der Waals surface area (Å²) in [5.41, 5.74) is 0. The van der Waals surface area contributed by atoms with Crippen molar-refractivity contribution in [2.24, 2.45) is 0 Å².